The van der Waals surface area contributed by atoms with Gasteiger partial charge in [0.15, 0.2) is 0 Å². The molecule has 1 aromatic rings. The number of aryl methyl sites for hydroxylation is 1. The Kier molecular flexibility index (Phi) is 3.30. The third-order valence-corrected chi connectivity index (χ3v) is 2.13. The minimum atomic E-state index is 0.0286. The van der Waals surface area contributed by atoms with Crippen molar-refractivity contribution in [1.82, 2.24) is 15.1 Å². The highest BCUT2D eigenvalue weighted by Gasteiger charge is 2.08. The van der Waals surface area contributed by atoms with Gasteiger partial charge in [-0.25, -0.2) is 0 Å². The Bertz CT molecular complexity index is 298. The van der Waals surface area contributed by atoms with Crippen LogP contribution >= 0.6 is 11.8 Å². The molecule has 0 atom stereocenters. The van der Waals surface area contributed by atoms with Crippen LogP contribution in [0.5, 0.6) is 0 Å². The summed E-state index contributed by atoms with van der Waals surface area (Å²) in [5.41, 5.74) is 0. The maximum atomic E-state index is 11.1. The number of thioether (sulfide) groups is 1. The predicted octanol–water partition coefficient (Wildman–Crippen LogP) is 0.558. The summed E-state index contributed by atoms with van der Waals surface area (Å²) < 4.78 is 5.08. The van der Waals surface area contributed by atoms with Crippen molar-refractivity contribution < 1.29 is 9.21 Å². The highest BCUT2D eigenvalue weighted by Crippen LogP contribution is 2.15. The van der Waals surface area contributed by atoms with E-state index < -0.39 is 0 Å². The van der Waals surface area contributed by atoms with E-state index in [2.05, 4.69) is 10.2 Å². The van der Waals surface area contributed by atoms with Crippen molar-refractivity contribution in [1.29, 1.82) is 0 Å². The predicted molar refractivity (Wildman–Crippen MR) is 48.5 cm³/mol. The lowest BCUT2D eigenvalue weighted by Crippen LogP contribution is -2.23. The molecule has 0 bridgehead atoms. The van der Waals surface area contributed by atoms with Crippen LogP contribution < -0.4 is 0 Å². The van der Waals surface area contributed by atoms with Crippen LogP contribution in [0.3, 0.4) is 0 Å². The Labute approximate surface area is 80.5 Å². The van der Waals surface area contributed by atoms with Crippen molar-refractivity contribution in [3.05, 3.63) is 5.89 Å². The quantitative estimate of drug-likeness (QED) is 0.669. The van der Waals surface area contributed by atoms with Gasteiger partial charge in [0.25, 0.3) is 5.22 Å². The van der Waals surface area contributed by atoms with Crippen molar-refractivity contribution in [2.24, 2.45) is 0 Å². The normalized spacial score (nSPS) is 10.1. The first-order valence-corrected chi connectivity index (χ1v) is 4.71. The van der Waals surface area contributed by atoms with Gasteiger partial charge in [0.05, 0.1) is 5.75 Å². The zero-order valence-corrected chi connectivity index (χ0v) is 8.59. The van der Waals surface area contributed by atoms with Crippen molar-refractivity contribution in [3.63, 3.8) is 0 Å². The molecule has 0 saturated heterocycles. The van der Waals surface area contributed by atoms with Crippen molar-refractivity contribution in [2.75, 3.05) is 19.8 Å². The Morgan fingerprint density at radius 1 is 1.54 bits per heavy atom. The highest BCUT2D eigenvalue weighted by atomic mass is 32.2. The van der Waals surface area contributed by atoms with Crippen molar-refractivity contribution in [3.8, 4) is 0 Å². The van der Waals surface area contributed by atoms with Crippen molar-refractivity contribution in [2.45, 2.75) is 12.1 Å². The van der Waals surface area contributed by atoms with E-state index in [9.17, 15) is 4.79 Å². The fourth-order valence-electron chi connectivity index (χ4n) is 0.589. The van der Waals surface area contributed by atoms with Gasteiger partial charge in [0.1, 0.15) is 0 Å². The first kappa shape index (κ1) is 10.0. The van der Waals surface area contributed by atoms with E-state index in [1.807, 2.05) is 0 Å². The molecule has 5 nitrogen and oxygen atoms in total. The number of hydrogen-bond acceptors (Lipinski definition) is 5. The first-order chi connectivity index (χ1) is 6.09. The molecule has 0 aliphatic heterocycles. The Hall–Kier alpha value is -1.04. The maximum Gasteiger partial charge on any atom is 0.277 e. The number of nitrogens with zero attached hydrogens (tertiary/aromatic N) is 3. The second-order valence-corrected chi connectivity index (χ2v) is 3.59. The summed E-state index contributed by atoms with van der Waals surface area (Å²) in [6.07, 6.45) is 0. The molecule has 13 heavy (non-hydrogen) atoms. The smallest absolute Gasteiger partial charge is 0.277 e. The topological polar surface area (TPSA) is 59.2 Å². The zero-order valence-electron chi connectivity index (χ0n) is 7.77. The van der Waals surface area contributed by atoms with Gasteiger partial charge in [-0.3, -0.25) is 4.79 Å². The summed E-state index contributed by atoms with van der Waals surface area (Å²) in [5, 5.41) is 7.84. The lowest BCUT2D eigenvalue weighted by molar-refractivity contribution is -0.125. The summed E-state index contributed by atoms with van der Waals surface area (Å²) in [6, 6.07) is 0. The standard InChI is InChI=1S/C7H11N3O2S/c1-5-8-9-7(12-5)13-4-6(11)10(2)3/h4H2,1-3H3. The van der Waals surface area contributed by atoms with Gasteiger partial charge < -0.3 is 9.32 Å². The molecule has 6 heteroatoms. The molecular formula is C7H11N3O2S. The summed E-state index contributed by atoms with van der Waals surface area (Å²) in [7, 11) is 3.42. The molecule has 0 fully saturated rings. The van der Waals surface area contributed by atoms with Gasteiger partial charge in [0.2, 0.25) is 11.8 Å². The van der Waals surface area contributed by atoms with Crippen molar-refractivity contribution >= 4 is 17.7 Å². The molecule has 0 aliphatic carbocycles. The van der Waals surface area contributed by atoms with Gasteiger partial charge in [-0.1, -0.05) is 11.8 Å². The van der Waals surface area contributed by atoms with E-state index in [4.69, 9.17) is 4.42 Å². The average molecular weight is 201 g/mol. The molecule has 72 valence electrons. The number of carbonyl (C=O) groups excluding carboxylic acids is 1. The second kappa shape index (κ2) is 4.27. The Morgan fingerprint density at radius 3 is 2.69 bits per heavy atom. The van der Waals surface area contributed by atoms with E-state index in [1.165, 1.54) is 16.7 Å². The lowest BCUT2D eigenvalue weighted by atomic mass is 10.6. The molecule has 0 aromatic carbocycles. The molecule has 0 aliphatic rings. The molecule has 1 rings (SSSR count). The molecule has 1 heterocycles. The third-order valence-electron chi connectivity index (χ3n) is 1.33. The summed E-state index contributed by atoms with van der Waals surface area (Å²) in [5.74, 6) is 0.870. The van der Waals surface area contributed by atoms with Gasteiger partial charge in [-0.2, -0.15) is 0 Å². The van der Waals surface area contributed by atoms with E-state index in [-0.39, 0.29) is 5.91 Å². The molecule has 1 aromatic heterocycles. The van der Waals surface area contributed by atoms with Crippen LogP contribution in [0.2, 0.25) is 0 Å². The van der Waals surface area contributed by atoms with Crippen LogP contribution in [0.15, 0.2) is 9.64 Å². The number of aromatic nitrogens is 2. The highest BCUT2D eigenvalue weighted by molar-refractivity contribution is 7.99. The molecule has 1 amide bonds. The van der Waals surface area contributed by atoms with E-state index in [1.54, 1.807) is 21.0 Å². The number of hydrogen-bond donors (Lipinski definition) is 0. The number of carbonyl (C=O) groups is 1. The molecule has 0 radical (unpaired) electrons. The van der Waals surface area contributed by atoms with Crippen LogP contribution in [0.4, 0.5) is 0 Å². The van der Waals surface area contributed by atoms with Gasteiger partial charge in [0, 0.05) is 21.0 Å². The average Bonchev–Trinajstić information content (AvgIpc) is 2.47. The zero-order chi connectivity index (χ0) is 9.84. The minimum absolute atomic E-state index is 0.0286. The lowest BCUT2D eigenvalue weighted by Gasteiger charge is -2.07. The molecule has 0 saturated carbocycles. The number of amides is 1. The van der Waals surface area contributed by atoms with Crippen LogP contribution in [0.1, 0.15) is 5.89 Å². The Balaban J connectivity index is 2.39. The van der Waals surface area contributed by atoms with Crippen LogP contribution in [-0.4, -0.2) is 40.9 Å². The summed E-state index contributed by atoms with van der Waals surface area (Å²) in [6.45, 7) is 1.71. The van der Waals surface area contributed by atoms with E-state index in [0.717, 1.165) is 0 Å². The SMILES string of the molecule is Cc1nnc(SCC(=O)N(C)C)o1. The molecular weight excluding hydrogens is 190 g/mol. The molecule has 0 N–H and O–H groups in total. The van der Waals surface area contributed by atoms with E-state index in [0.29, 0.717) is 16.9 Å². The van der Waals surface area contributed by atoms with Crippen LogP contribution in [0, 0.1) is 6.92 Å². The minimum Gasteiger partial charge on any atom is -0.416 e. The van der Waals surface area contributed by atoms with Crippen LogP contribution in [-0.2, 0) is 4.79 Å². The molecule has 0 unspecified atom stereocenters. The van der Waals surface area contributed by atoms with Gasteiger partial charge in [-0.05, 0) is 0 Å². The second-order valence-electron chi connectivity index (χ2n) is 2.66. The summed E-state index contributed by atoms with van der Waals surface area (Å²) in [4.78, 5) is 12.7. The monoisotopic (exact) mass is 201 g/mol. The summed E-state index contributed by atoms with van der Waals surface area (Å²) >= 11 is 1.25. The third kappa shape index (κ3) is 3.06. The van der Waals surface area contributed by atoms with E-state index >= 15 is 0 Å². The van der Waals surface area contributed by atoms with Gasteiger partial charge in [-0.15, -0.1) is 10.2 Å². The number of rotatable bonds is 3. The fourth-order valence-corrected chi connectivity index (χ4v) is 1.37. The largest absolute Gasteiger partial charge is 0.416 e. The van der Waals surface area contributed by atoms with Crippen LogP contribution in [0.25, 0.3) is 0 Å². The maximum absolute atomic E-state index is 11.1. The fraction of sp³-hybridized carbons (Fsp3) is 0.571. The first-order valence-electron chi connectivity index (χ1n) is 3.72. The van der Waals surface area contributed by atoms with Gasteiger partial charge >= 0.3 is 0 Å². The molecule has 0 spiro atoms. The Morgan fingerprint density at radius 2 is 2.23 bits per heavy atom.